The minimum Gasteiger partial charge on any atom is -0.384 e. The van der Waals surface area contributed by atoms with Crippen LogP contribution in [0.3, 0.4) is 0 Å². The summed E-state index contributed by atoms with van der Waals surface area (Å²) in [5, 5.41) is 3.68. The first-order valence-electron chi connectivity index (χ1n) is 7.68. The predicted molar refractivity (Wildman–Crippen MR) is 88.0 cm³/mol. The van der Waals surface area contributed by atoms with E-state index in [1.165, 1.54) is 24.1 Å². The van der Waals surface area contributed by atoms with E-state index in [0.717, 1.165) is 24.9 Å². The van der Waals surface area contributed by atoms with Crippen LogP contribution in [0.5, 0.6) is 0 Å². The lowest BCUT2D eigenvalue weighted by atomic mass is 9.83. The first-order valence-corrected chi connectivity index (χ1v) is 7.68. The molecule has 0 heterocycles. The summed E-state index contributed by atoms with van der Waals surface area (Å²) in [6.45, 7) is 6.67. The van der Waals surface area contributed by atoms with E-state index in [-0.39, 0.29) is 0 Å². The number of anilines is 1. The molecule has 0 fully saturated rings. The van der Waals surface area contributed by atoms with Crippen LogP contribution >= 0.6 is 0 Å². The molecule has 0 aromatic heterocycles. The van der Waals surface area contributed by atoms with E-state index in [2.05, 4.69) is 68.5 Å². The Morgan fingerprint density at radius 1 is 1.25 bits per heavy atom. The van der Waals surface area contributed by atoms with Crippen molar-refractivity contribution in [3.8, 4) is 0 Å². The molecule has 2 rings (SSSR count). The normalized spacial score (nSPS) is 22.8. The zero-order chi connectivity index (χ0) is 14.5. The van der Waals surface area contributed by atoms with Crippen molar-refractivity contribution in [2.45, 2.75) is 33.2 Å². The Morgan fingerprint density at radius 3 is 2.70 bits per heavy atom. The van der Waals surface area contributed by atoms with Crippen molar-refractivity contribution in [3.63, 3.8) is 0 Å². The lowest BCUT2D eigenvalue weighted by Gasteiger charge is -2.26. The second-order valence-electron chi connectivity index (χ2n) is 6.57. The minimum absolute atomic E-state index is 0.729. The molecule has 110 valence electrons. The van der Waals surface area contributed by atoms with Crippen LogP contribution in [0.25, 0.3) is 0 Å². The van der Waals surface area contributed by atoms with Crippen molar-refractivity contribution in [1.82, 2.24) is 4.90 Å². The molecule has 1 aliphatic carbocycles. The third-order valence-corrected chi connectivity index (χ3v) is 3.97. The first kappa shape index (κ1) is 15.1. The molecule has 0 radical (unpaired) electrons. The van der Waals surface area contributed by atoms with Gasteiger partial charge in [0.15, 0.2) is 0 Å². The molecule has 2 nitrogen and oxygen atoms in total. The van der Waals surface area contributed by atoms with Crippen molar-refractivity contribution < 1.29 is 0 Å². The van der Waals surface area contributed by atoms with Crippen molar-refractivity contribution in [3.05, 3.63) is 41.5 Å². The largest absolute Gasteiger partial charge is 0.384 e. The lowest BCUT2D eigenvalue weighted by molar-refractivity contribution is 0.402. The molecule has 0 saturated heterocycles. The van der Waals surface area contributed by atoms with Crippen molar-refractivity contribution in [2.75, 3.05) is 26.0 Å². The molecular formula is C18H28N2. The van der Waals surface area contributed by atoms with E-state index < -0.39 is 0 Å². The molecule has 0 aliphatic heterocycles. The third-order valence-electron chi connectivity index (χ3n) is 3.97. The fourth-order valence-corrected chi connectivity index (χ4v) is 3.27. The molecule has 0 spiro atoms. The molecule has 1 N–H and O–H groups in total. The van der Waals surface area contributed by atoms with E-state index in [1.807, 2.05) is 0 Å². The maximum absolute atomic E-state index is 3.68. The molecule has 2 atom stereocenters. The average Bonchev–Trinajstić information content (AvgIpc) is 2.36. The van der Waals surface area contributed by atoms with Gasteiger partial charge < -0.3 is 10.2 Å². The molecule has 0 bridgehead atoms. The highest BCUT2D eigenvalue weighted by molar-refractivity contribution is 5.51. The van der Waals surface area contributed by atoms with Crippen molar-refractivity contribution in [2.24, 2.45) is 11.8 Å². The summed E-state index contributed by atoms with van der Waals surface area (Å²) in [7, 11) is 4.24. The molecule has 0 amide bonds. The molecular weight excluding hydrogens is 244 g/mol. The number of nitrogens with zero attached hydrogens (tertiary/aromatic N) is 1. The Hall–Kier alpha value is -1.28. The van der Waals surface area contributed by atoms with Crippen LogP contribution in [0.1, 0.15) is 32.3 Å². The first-order chi connectivity index (χ1) is 9.54. The van der Waals surface area contributed by atoms with Crippen LogP contribution in [-0.2, 0) is 6.54 Å². The zero-order valence-corrected chi connectivity index (χ0v) is 13.3. The molecule has 0 saturated carbocycles. The molecule has 2 heteroatoms. The highest BCUT2D eigenvalue weighted by Gasteiger charge is 2.18. The van der Waals surface area contributed by atoms with Crippen molar-refractivity contribution in [1.29, 1.82) is 0 Å². The average molecular weight is 272 g/mol. The van der Waals surface area contributed by atoms with Gasteiger partial charge in [0.1, 0.15) is 0 Å². The molecule has 2 unspecified atom stereocenters. The SMILES string of the molecule is CC1=CC(C)CC(CNc2ccccc2CN(C)C)C1. The zero-order valence-electron chi connectivity index (χ0n) is 13.3. The lowest BCUT2D eigenvalue weighted by Crippen LogP contribution is -2.21. The van der Waals surface area contributed by atoms with Gasteiger partial charge in [0.2, 0.25) is 0 Å². The fraction of sp³-hybridized carbons (Fsp3) is 0.556. The number of benzene rings is 1. The maximum atomic E-state index is 3.68. The molecule has 20 heavy (non-hydrogen) atoms. The molecule has 1 aromatic rings. The maximum Gasteiger partial charge on any atom is 0.0385 e. The quantitative estimate of drug-likeness (QED) is 0.810. The predicted octanol–water partition coefficient (Wildman–Crippen LogP) is 4.15. The smallest absolute Gasteiger partial charge is 0.0385 e. The highest BCUT2D eigenvalue weighted by atomic mass is 15.1. The number of hydrogen-bond donors (Lipinski definition) is 1. The van der Waals surface area contributed by atoms with Crippen LogP contribution in [0.4, 0.5) is 5.69 Å². The molecule has 1 aromatic carbocycles. The van der Waals surface area contributed by atoms with E-state index >= 15 is 0 Å². The fourth-order valence-electron chi connectivity index (χ4n) is 3.27. The van der Waals surface area contributed by atoms with Gasteiger partial charge in [-0.3, -0.25) is 0 Å². The van der Waals surface area contributed by atoms with Gasteiger partial charge in [0.25, 0.3) is 0 Å². The van der Waals surface area contributed by atoms with Crippen LogP contribution in [0.2, 0.25) is 0 Å². The number of allylic oxidation sites excluding steroid dienone is 2. The van der Waals surface area contributed by atoms with Crippen LogP contribution in [0, 0.1) is 11.8 Å². The van der Waals surface area contributed by atoms with Gasteiger partial charge in [-0.15, -0.1) is 0 Å². The van der Waals surface area contributed by atoms with Crippen LogP contribution in [-0.4, -0.2) is 25.5 Å². The Kier molecular flexibility index (Phi) is 5.24. The topological polar surface area (TPSA) is 15.3 Å². The van der Waals surface area contributed by atoms with Gasteiger partial charge in [-0.25, -0.2) is 0 Å². The Labute approximate surface area is 123 Å². The Morgan fingerprint density at radius 2 is 2.00 bits per heavy atom. The standard InChI is InChI=1S/C18H28N2/c1-14-9-15(2)11-16(10-14)12-19-18-8-6-5-7-17(18)13-20(3)4/h5-9,14,16,19H,10-13H2,1-4H3. The highest BCUT2D eigenvalue weighted by Crippen LogP contribution is 2.28. The van der Waals surface area contributed by atoms with Gasteiger partial charge in [-0.2, -0.15) is 0 Å². The summed E-state index contributed by atoms with van der Waals surface area (Å²) in [6.07, 6.45) is 4.98. The number of nitrogens with one attached hydrogen (secondary N) is 1. The summed E-state index contributed by atoms with van der Waals surface area (Å²) in [6, 6.07) is 8.67. The number of hydrogen-bond acceptors (Lipinski definition) is 2. The van der Waals surface area contributed by atoms with E-state index in [0.29, 0.717) is 0 Å². The summed E-state index contributed by atoms with van der Waals surface area (Å²) in [5.74, 6) is 1.50. The van der Waals surface area contributed by atoms with Gasteiger partial charge in [0, 0.05) is 18.8 Å². The number of rotatable bonds is 5. The van der Waals surface area contributed by atoms with E-state index in [4.69, 9.17) is 0 Å². The third kappa shape index (κ3) is 4.38. The second-order valence-corrected chi connectivity index (χ2v) is 6.57. The minimum atomic E-state index is 0.729. The van der Waals surface area contributed by atoms with Crippen LogP contribution < -0.4 is 5.32 Å². The van der Waals surface area contributed by atoms with Crippen LogP contribution in [0.15, 0.2) is 35.9 Å². The van der Waals surface area contributed by atoms with Gasteiger partial charge in [-0.1, -0.05) is 36.8 Å². The Bertz CT molecular complexity index is 462. The molecule has 1 aliphatic rings. The van der Waals surface area contributed by atoms with Gasteiger partial charge >= 0.3 is 0 Å². The van der Waals surface area contributed by atoms with Gasteiger partial charge in [-0.05, 0) is 57.3 Å². The summed E-state index contributed by atoms with van der Waals surface area (Å²) >= 11 is 0. The van der Waals surface area contributed by atoms with E-state index in [9.17, 15) is 0 Å². The second kappa shape index (κ2) is 6.94. The van der Waals surface area contributed by atoms with Crippen molar-refractivity contribution >= 4 is 5.69 Å². The van der Waals surface area contributed by atoms with Gasteiger partial charge in [0.05, 0.1) is 0 Å². The summed E-state index contributed by atoms with van der Waals surface area (Å²) < 4.78 is 0. The number of para-hydroxylation sites is 1. The Balaban J connectivity index is 1.96. The van der Waals surface area contributed by atoms with E-state index in [1.54, 1.807) is 5.57 Å². The summed E-state index contributed by atoms with van der Waals surface area (Å²) in [5.41, 5.74) is 4.23. The summed E-state index contributed by atoms with van der Waals surface area (Å²) in [4.78, 5) is 2.22. The monoisotopic (exact) mass is 272 g/mol.